The lowest BCUT2D eigenvalue weighted by Crippen LogP contribution is -2.39. The fraction of sp³-hybridized carbons (Fsp3) is 0.294. The molecule has 3 rings (SSSR count). The fourth-order valence-corrected chi connectivity index (χ4v) is 2.78. The Morgan fingerprint density at radius 1 is 1.18 bits per heavy atom. The van der Waals surface area contributed by atoms with Gasteiger partial charge in [-0.15, -0.1) is 0 Å². The molecule has 0 radical (unpaired) electrons. The summed E-state index contributed by atoms with van der Waals surface area (Å²) in [5.74, 6) is 0.741. The number of carbonyl (C=O) groups is 2. The molecule has 0 N–H and O–H groups in total. The summed E-state index contributed by atoms with van der Waals surface area (Å²) in [6.07, 6.45) is 0.274. The minimum atomic E-state index is -0.239. The number of aryl methyl sites for hydroxylation is 1. The van der Waals surface area contributed by atoms with Gasteiger partial charge in [0.1, 0.15) is 5.76 Å². The van der Waals surface area contributed by atoms with Crippen LogP contribution in [0.3, 0.4) is 0 Å². The van der Waals surface area contributed by atoms with Crippen molar-refractivity contribution >= 4 is 23.2 Å². The fourth-order valence-electron chi connectivity index (χ4n) is 2.78. The number of furan rings is 1. The highest BCUT2D eigenvalue weighted by Crippen LogP contribution is 2.35. The summed E-state index contributed by atoms with van der Waals surface area (Å²) < 4.78 is 5.47. The summed E-state index contributed by atoms with van der Waals surface area (Å²) in [4.78, 5) is 28.4. The number of benzene rings is 1. The minimum Gasteiger partial charge on any atom is -0.456 e. The van der Waals surface area contributed by atoms with E-state index in [0.29, 0.717) is 5.76 Å². The Kier molecular flexibility index (Phi) is 3.48. The molecule has 0 aliphatic carbocycles. The topological polar surface area (TPSA) is 53.8 Å². The van der Waals surface area contributed by atoms with E-state index in [0.717, 1.165) is 11.4 Å². The molecule has 0 bridgehead atoms. The maximum atomic E-state index is 12.9. The zero-order valence-corrected chi connectivity index (χ0v) is 12.9. The van der Waals surface area contributed by atoms with Crippen molar-refractivity contribution in [2.75, 3.05) is 16.8 Å². The number of anilines is 2. The van der Waals surface area contributed by atoms with Gasteiger partial charge >= 0.3 is 0 Å². The van der Waals surface area contributed by atoms with E-state index in [4.69, 9.17) is 4.42 Å². The van der Waals surface area contributed by atoms with Crippen LogP contribution < -0.4 is 9.80 Å². The van der Waals surface area contributed by atoms with Gasteiger partial charge in [-0.3, -0.25) is 9.59 Å². The van der Waals surface area contributed by atoms with Crippen LogP contribution in [0.2, 0.25) is 0 Å². The Bertz CT molecular complexity index is 735. The summed E-state index contributed by atoms with van der Waals surface area (Å²) in [6.45, 7) is 3.68. The molecule has 0 fully saturated rings. The van der Waals surface area contributed by atoms with Crippen LogP contribution in [-0.2, 0) is 4.79 Å². The first-order valence-electron chi connectivity index (χ1n) is 7.24. The normalized spacial score (nSPS) is 18.1. The Morgan fingerprint density at radius 2 is 1.86 bits per heavy atom. The number of fused-ring (bicyclic) bond motifs is 1. The molecule has 1 aromatic carbocycles. The molecular formula is C17H18N2O3. The van der Waals surface area contributed by atoms with E-state index in [2.05, 4.69) is 0 Å². The highest BCUT2D eigenvalue weighted by molar-refractivity contribution is 6.10. The molecule has 5 nitrogen and oxygen atoms in total. The molecule has 0 spiro atoms. The molecule has 1 unspecified atom stereocenters. The smallest absolute Gasteiger partial charge is 0.294 e. The van der Waals surface area contributed by atoms with Gasteiger partial charge in [0.05, 0.1) is 11.4 Å². The van der Waals surface area contributed by atoms with E-state index in [1.54, 1.807) is 35.9 Å². The van der Waals surface area contributed by atoms with E-state index in [1.807, 2.05) is 31.2 Å². The summed E-state index contributed by atoms with van der Waals surface area (Å²) in [5.41, 5.74) is 1.45. The predicted octanol–water partition coefficient (Wildman–Crippen LogP) is 2.99. The molecule has 0 saturated carbocycles. The maximum Gasteiger partial charge on any atom is 0.294 e. The zero-order valence-electron chi connectivity index (χ0n) is 12.9. The van der Waals surface area contributed by atoms with E-state index in [-0.39, 0.29) is 30.0 Å². The van der Waals surface area contributed by atoms with Gasteiger partial charge in [0, 0.05) is 19.5 Å². The van der Waals surface area contributed by atoms with E-state index < -0.39 is 0 Å². The van der Waals surface area contributed by atoms with E-state index in [1.165, 1.54) is 0 Å². The van der Waals surface area contributed by atoms with Crippen LogP contribution in [-0.4, -0.2) is 24.9 Å². The number of para-hydroxylation sites is 2. The molecule has 2 heterocycles. The second kappa shape index (κ2) is 5.33. The average molecular weight is 298 g/mol. The quantitative estimate of drug-likeness (QED) is 0.813. The molecule has 5 heteroatoms. The number of hydrogen-bond acceptors (Lipinski definition) is 3. The van der Waals surface area contributed by atoms with Crippen molar-refractivity contribution in [3.05, 3.63) is 47.9 Å². The minimum absolute atomic E-state index is 0.00845. The zero-order chi connectivity index (χ0) is 15.9. The van der Waals surface area contributed by atoms with Crippen molar-refractivity contribution < 1.29 is 14.0 Å². The van der Waals surface area contributed by atoms with Gasteiger partial charge in [-0.25, -0.2) is 0 Å². The first kappa shape index (κ1) is 14.4. The first-order chi connectivity index (χ1) is 10.5. The Morgan fingerprint density at radius 3 is 2.50 bits per heavy atom. The van der Waals surface area contributed by atoms with Gasteiger partial charge in [0.15, 0.2) is 5.76 Å². The maximum absolute atomic E-state index is 12.9. The van der Waals surface area contributed by atoms with Crippen LogP contribution in [0.25, 0.3) is 0 Å². The molecule has 1 aromatic heterocycles. The molecule has 1 aliphatic heterocycles. The third-order valence-electron chi connectivity index (χ3n) is 3.96. The van der Waals surface area contributed by atoms with Gasteiger partial charge in [-0.2, -0.15) is 0 Å². The number of hydrogen-bond donors (Lipinski definition) is 0. The van der Waals surface area contributed by atoms with Gasteiger partial charge in [-0.05, 0) is 38.1 Å². The standard InChI is InChI=1S/C17H18N2O3/c1-11-10-16(20)18(3)13-6-4-5-7-14(13)19(11)17(21)15-9-8-12(2)22-15/h4-9,11H,10H2,1-3H3. The van der Waals surface area contributed by atoms with E-state index in [9.17, 15) is 9.59 Å². The second-order valence-corrected chi connectivity index (χ2v) is 5.58. The number of nitrogens with zero attached hydrogens (tertiary/aromatic N) is 2. The highest BCUT2D eigenvalue weighted by Gasteiger charge is 2.33. The van der Waals surface area contributed by atoms with Crippen molar-refractivity contribution in [2.24, 2.45) is 0 Å². The van der Waals surface area contributed by atoms with Crippen molar-refractivity contribution in [2.45, 2.75) is 26.3 Å². The molecule has 1 aliphatic rings. The Balaban J connectivity index is 2.11. The molecule has 1 atom stereocenters. The third-order valence-corrected chi connectivity index (χ3v) is 3.96. The van der Waals surface area contributed by atoms with Crippen LogP contribution in [0, 0.1) is 6.92 Å². The summed E-state index contributed by atoms with van der Waals surface area (Å²) in [6, 6.07) is 10.6. The number of rotatable bonds is 1. The SMILES string of the molecule is Cc1ccc(C(=O)N2c3ccccc3N(C)C(=O)CC2C)o1. The predicted molar refractivity (Wildman–Crippen MR) is 84.2 cm³/mol. The van der Waals surface area contributed by atoms with Crippen LogP contribution in [0.1, 0.15) is 29.7 Å². The summed E-state index contributed by atoms with van der Waals surface area (Å²) >= 11 is 0. The average Bonchev–Trinajstić information content (AvgIpc) is 2.90. The van der Waals surface area contributed by atoms with Crippen LogP contribution in [0.5, 0.6) is 0 Å². The number of amides is 2. The first-order valence-corrected chi connectivity index (χ1v) is 7.24. The Labute approximate surface area is 129 Å². The largest absolute Gasteiger partial charge is 0.456 e. The monoisotopic (exact) mass is 298 g/mol. The van der Waals surface area contributed by atoms with Gasteiger partial charge in [0.25, 0.3) is 5.91 Å². The third kappa shape index (κ3) is 2.28. The van der Waals surface area contributed by atoms with Crippen LogP contribution in [0.4, 0.5) is 11.4 Å². The summed E-state index contributed by atoms with van der Waals surface area (Å²) in [7, 11) is 1.74. The molecule has 114 valence electrons. The van der Waals surface area contributed by atoms with Crippen molar-refractivity contribution in [3.8, 4) is 0 Å². The molecule has 2 amide bonds. The van der Waals surface area contributed by atoms with E-state index >= 15 is 0 Å². The van der Waals surface area contributed by atoms with Gasteiger partial charge in [0.2, 0.25) is 5.91 Å². The second-order valence-electron chi connectivity index (χ2n) is 5.58. The lowest BCUT2D eigenvalue weighted by atomic mass is 10.1. The van der Waals surface area contributed by atoms with Gasteiger partial charge < -0.3 is 14.2 Å². The lowest BCUT2D eigenvalue weighted by molar-refractivity contribution is -0.118. The van der Waals surface area contributed by atoms with Crippen molar-refractivity contribution in [1.29, 1.82) is 0 Å². The highest BCUT2D eigenvalue weighted by atomic mass is 16.3. The van der Waals surface area contributed by atoms with Crippen molar-refractivity contribution in [1.82, 2.24) is 0 Å². The number of carbonyl (C=O) groups excluding carboxylic acids is 2. The lowest BCUT2D eigenvalue weighted by Gasteiger charge is -2.27. The van der Waals surface area contributed by atoms with Crippen LogP contribution >= 0.6 is 0 Å². The molecule has 0 saturated heterocycles. The summed E-state index contributed by atoms with van der Waals surface area (Å²) in [5, 5.41) is 0. The van der Waals surface area contributed by atoms with Crippen molar-refractivity contribution in [3.63, 3.8) is 0 Å². The molecule has 22 heavy (non-hydrogen) atoms. The Hall–Kier alpha value is -2.56. The molecule has 2 aromatic rings. The molecular weight excluding hydrogens is 280 g/mol. The van der Waals surface area contributed by atoms with Crippen LogP contribution in [0.15, 0.2) is 40.8 Å². The van der Waals surface area contributed by atoms with Gasteiger partial charge in [-0.1, -0.05) is 12.1 Å².